The number of halogens is 4. The molecule has 2 fully saturated rings. The van der Waals surface area contributed by atoms with Gasteiger partial charge in [0.2, 0.25) is 5.91 Å². The Balaban J connectivity index is 1.11. The van der Waals surface area contributed by atoms with Gasteiger partial charge in [0.15, 0.2) is 5.65 Å². The number of benzene rings is 2. The van der Waals surface area contributed by atoms with Crippen molar-refractivity contribution in [3.63, 3.8) is 0 Å². The molecule has 306 valence electrons. The van der Waals surface area contributed by atoms with Crippen molar-refractivity contribution in [2.75, 3.05) is 63.7 Å². The van der Waals surface area contributed by atoms with Crippen molar-refractivity contribution in [2.45, 2.75) is 50.4 Å². The Morgan fingerprint density at radius 3 is 2.69 bits per heavy atom. The molecule has 4 aromatic heterocycles. The van der Waals surface area contributed by atoms with E-state index in [-0.39, 0.29) is 62.7 Å². The van der Waals surface area contributed by atoms with Crippen LogP contribution in [0.3, 0.4) is 0 Å². The number of alkyl halides is 2. The molecule has 14 nitrogen and oxygen atoms in total. The molecular weight excluding hydrogens is 771 g/mol. The summed E-state index contributed by atoms with van der Waals surface area (Å²) < 4.78 is 76.4. The third kappa shape index (κ3) is 6.57. The number of fused-ring (bicyclic) bond motifs is 10. The first kappa shape index (κ1) is 37.4. The van der Waals surface area contributed by atoms with Gasteiger partial charge in [-0.15, -0.1) is 0 Å². The first-order valence-electron chi connectivity index (χ1n) is 19.6. The summed E-state index contributed by atoms with van der Waals surface area (Å²) in [5.74, 6) is -3.39. The summed E-state index contributed by atoms with van der Waals surface area (Å²) in [4.78, 5) is 39.4. The van der Waals surface area contributed by atoms with Gasteiger partial charge in [0.05, 0.1) is 47.5 Å². The quantitative estimate of drug-likeness (QED) is 0.241. The number of ether oxygens (including phenoxy) is 2. The van der Waals surface area contributed by atoms with Crippen LogP contribution >= 0.6 is 0 Å². The number of likely N-dealkylation sites (N-methyl/N-ethyl adjacent to an activating group) is 1. The van der Waals surface area contributed by atoms with Gasteiger partial charge in [0.25, 0.3) is 5.92 Å². The molecule has 8 bridgehead atoms. The summed E-state index contributed by atoms with van der Waals surface area (Å²) >= 11 is 0. The molecule has 0 radical (unpaired) electrons. The van der Waals surface area contributed by atoms with Crippen LogP contribution in [0, 0.1) is 24.5 Å². The standard InChI is InChI=1S/C41H41F4N11O3/c1-22-47-31-13-25(43)12-28-30-5-4-6-35(49-30)48-26-15-33(40(57)52(2)19-27(58-3)20-54(22)37(28)31)55(18-26)38-29-16-46-56-32-8-7-24(42)14-34(32)59-10-9-53-17-23(41(44,45)21-53)11-36(50-38)51-39(29)56/h4-8,12-14,16,23,26-27,33H,9-11,15,17-21H2,1-3H3,(H,48,49)/t23?,26-,27-,33-/m0/s1. The molecule has 2 aromatic carbocycles. The van der Waals surface area contributed by atoms with E-state index in [0.717, 1.165) is 0 Å². The molecule has 1 amide bonds. The van der Waals surface area contributed by atoms with Gasteiger partial charge in [-0.1, -0.05) is 6.07 Å². The largest absolute Gasteiger partial charge is 0.490 e. The van der Waals surface area contributed by atoms with Gasteiger partial charge < -0.3 is 29.2 Å². The number of carbonyl (C=O) groups excluding carboxylic acids is 1. The van der Waals surface area contributed by atoms with E-state index in [0.29, 0.717) is 69.4 Å². The normalized spacial score (nSPS) is 24.2. The van der Waals surface area contributed by atoms with Crippen LogP contribution in [0.15, 0.2) is 54.7 Å². The van der Waals surface area contributed by atoms with Gasteiger partial charge in [-0.2, -0.15) is 5.10 Å². The summed E-state index contributed by atoms with van der Waals surface area (Å²) in [6, 6.07) is 11.3. The van der Waals surface area contributed by atoms with Crippen molar-refractivity contribution in [1.29, 1.82) is 0 Å². The minimum absolute atomic E-state index is 0.0645. The zero-order valence-corrected chi connectivity index (χ0v) is 32.6. The minimum atomic E-state index is -3.02. The van der Waals surface area contributed by atoms with Crippen molar-refractivity contribution in [3.05, 3.63) is 78.0 Å². The Hall–Kier alpha value is -5.88. The fourth-order valence-electron chi connectivity index (χ4n) is 9.14. The first-order valence-corrected chi connectivity index (χ1v) is 19.6. The molecule has 4 aliphatic rings. The monoisotopic (exact) mass is 811 g/mol. The summed E-state index contributed by atoms with van der Waals surface area (Å²) in [5.41, 5.74) is 3.02. The third-order valence-corrected chi connectivity index (χ3v) is 12.0. The predicted octanol–water partition coefficient (Wildman–Crippen LogP) is 4.86. The molecule has 0 spiro atoms. The number of hydrogen-bond acceptors (Lipinski definition) is 11. The van der Waals surface area contributed by atoms with Crippen molar-refractivity contribution in [2.24, 2.45) is 5.92 Å². The Labute approximate surface area is 335 Å². The molecule has 0 saturated carbocycles. The molecule has 4 aliphatic heterocycles. The number of hydrogen-bond donors (Lipinski definition) is 1. The number of methoxy groups -OCH3 is 1. The van der Waals surface area contributed by atoms with E-state index < -0.39 is 42.2 Å². The van der Waals surface area contributed by atoms with E-state index >= 15 is 13.2 Å². The van der Waals surface area contributed by atoms with Crippen molar-refractivity contribution < 1.29 is 31.8 Å². The number of nitrogens with zero attached hydrogens (tertiary/aromatic N) is 10. The number of imidazole rings is 1. The highest BCUT2D eigenvalue weighted by atomic mass is 19.3. The SMILES string of the molecule is CO[C@H]1CN(C)C(=O)[C@@H]2C[C@@H](CN2c2nc3nc4c2cnn4-c2ccc(F)cc2OCCN2CC(C3)C(F)(F)C2)Nc2cccc(n2)-c2cc(F)cc3nc(C)n(c23)C1. The fraction of sp³-hybridized carbons (Fsp3) is 0.415. The second kappa shape index (κ2) is 14.1. The lowest BCUT2D eigenvalue weighted by Crippen LogP contribution is -2.47. The molecule has 0 aliphatic carbocycles. The van der Waals surface area contributed by atoms with Crippen molar-refractivity contribution in [1.82, 2.24) is 44.1 Å². The predicted molar refractivity (Wildman–Crippen MR) is 210 cm³/mol. The van der Waals surface area contributed by atoms with E-state index in [1.54, 1.807) is 36.2 Å². The molecule has 2 unspecified atom stereocenters. The molecule has 10 rings (SSSR count). The number of carbonyl (C=O) groups is 1. The Morgan fingerprint density at radius 2 is 1.85 bits per heavy atom. The highest BCUT2D eigenvalue weighted by Gasteiger charge is 2.48. The number of nitrogens with one attached hydrogen (secondary N) is 1. The van der Waals surface area contributed by atoms with E-state index in [2.05, 4.69) is 15.4 Å². The number of anilines is 2. The maximum absolute atomic E-state index is 15.6. The lowest BCUT2D eigenvalue weighted by Gasteiger charge is -2.31. The molecule has 5 atom stereocenters. The highest BCUT2D eigenvalue weighted by Crippen LogP contribution is 2.39. The number of aromatic nitrogens is 7. The number of amides is 1. The summed E-state index contributed by atoms with van der Waals surface area (Å²) in [5, 5.41) is 8.66. The highest BCUT2D eigenvalue weighted by molar-refractivity contribution is 5.94. The first-order chi connectivity index (χ1) is 28.4. The van der Waals surface area contributed by atoms with Gasteiger partial charge >= 0.3 is 0 Å². The van der Waals surface area contributed by atoms with E-state index in [1.807, 2.05) is 34.6 Å². The van der Waals surface area contributed by atoms with Crippen molar-refractivity contribution in [3.8, 4) is 22.7 Å². The van der Waals surface area contributed by atoms with Gasteiger partial charge in [-0.3, -0.25) is 9.69 Å². The average Bonchev–Trinajstić information content (AvgIpc) is 3.96. The topological polar surface area (TPSA) is 132 Å². The maximum Gasteiger partial charge on any atom is 0.264 e. The van der Waals surface area contributed by atoms with Crippen molar-refractivity contribution >= 4 is 39.6 Å². The molecule has 1 N–H and O–H groups in total. The van der Waals surface area contributed by atoms with Gasteiger partial charge in [-0.25, -0.2) is 42.2 Å². The fourth-order valence-corrected chi connectivity index (χ4v) is 9.14. The molecule has 18 heteroatoms. The molecule has 59 heavy (non-hydrogen) atoms. The van der Waals surface area contributed by atoms with E-state index in [4.69, 9.17) is 24.4 Å². The van der Waals surface area contributed by atoms with Crippen LogP contribution in [0.5, 0.6) is 5.75 Å². The smallest absolute Gasteiger partial charge is 0.264 e. The van der Waals surface area contributed by atoms with Gasteiger partial charge in [0.1, 0.15) is 59.0 Å². The van der Waals surface area contributed by atoms with Gasteiger partial charge in [0, 0.05) is 76.4 Å². The Kier molecular flexibility index (Phi) is 8.97. The van der Waals surface area contributed by atoms with Crippen LogP contribution in [0.4, 0.5) is 29.2 Å². The van der Waals surface area contributed by atoms with Crippen LogP contribution in [0.2, 0.25) is 0 Å². The third-order valence-electron chi connectivity index (χ3n) is 12.0. The van der Waals surface area contributed by atoms with E-state index in [9.17, 15) is 9.18 Å². The summed E-state index contributed by atoms with van der Waals surface area (Å²) in [7, 11) is 3.31. The van der Waals surface area contributed by atoms with Crippen LogP contribution in [0.1, 0.15) is 18.1 Å². The summed E-state index contributed by atoms with van der Waals surface area (Å²) in [6.45, 7) is 2.58. The molecule has 6 aromatic rings. The lowest BCUT2D eigenvalue weighted by molar-refractivity contribution is -0.132. The van der Waals surface area contributed by atoms with Crippen LogP contribution < -0.4 is 15.0 Å². The average molecular weight is 812 g/mol. The zero-order chi connectivity index (χ0) is 40.7. The van der Waals surface area contributed by atoms with E-state index in [1.165, 1.54) is 28.9 Å². The Bertz CT molecular complexity index is 2630. The second-order valence-electron chi connectivity index (χ2n) is 15.9. The molecule has 8 heterocycles. The van der Waals surface area contributed by atoms with Crippen LogP contribution in [-0.2, 0) is 22.5 Å². The number of aryl methyl sites for hydroxylation is 1. The van der Waals surface area contributed by atoms with Crippen LogP contribution in [-0.4, -0.2) is 128 Å². The second-order valence-corrected chi connectivity index (χ2v) is 15.9. The minimum Gasteiger partial charge on any atom is -0.490 e. The summed E-state index contributed by atoms with van der Waals surface area (Å²) in [6.07, 6.45) is 1.30. The van der Waals surface area contributed by atoms with Gasteiger partial charge in [-0.05, 0) is 43.7 Å². The maximum atomic E-state index is 15.6. The zero-order valence-electron chi connectivity index (χ0n) is 32.6. The lowest BCUT2D eigenvalue weighted by atomic mass is 10.0. The molecule has 2 saturated heterocycles. The number of pyridine rings is 1. The number of rotatable bonds is 2. The molecular formula is C41H41F4N11O3. The Morgan fingerprint density at radius 1 is 0.983 bits per heavy atom. The van der Waals surface area contributed by atoms with Crippen LogP contribution in [0.25, 0.3) is 39.0 Å².